The van der Waals surface area contributed by atoms with Crippen molar-refractivity contribution in [3.8, 4) is 5.75 Å². The first kappa shape index (κ1) is 21.9. The summed E-state index contributed by atoms with van der Waals surface area (Å²) in [6, 6.07) is 10.4. The number of nitrogens with one attached hydrogen (secondary N) is 2. The number of hydrogen-bond donors (Lipinski definition) is 2. The van der Waals surface area contributed by atoms with Crippen molar-refractivity contribution in [1.29, 1.82) is 0 Å². The van der Waals surface area contributed by atoms with Gasteiger partial charge in [-0.25, -0.2) is 0 Å². The van der Waals surface area contributed by atoms with Crippen LogP contribution in [0.4, 0.5) is 5.69 Å². The Balaban J connectivity index is 1.86. The topological polar surface area (TPSA) is 93.7 Å². The summed E-state index contributed by atoms with van der Waals surface area (Å²) >= 11 is 0. The molecular weight excluding hydrogens is 372 g/mol. The SMILES string of the molecule is COc1ccc(C(=O)NCC(=O)OC(C)C(=O)Nc2c(C)cc(C)cc2C)cc1. The van der Waals surface area contributed by atoms with Gasteiger partial charge in [-0.15, -0.1) is 0 Å². The molecular formula is C22H26N2O5. The van der Waals surface area contributed by atoms with Crippen LogP contribution in [0, 0.1) is 20.8 Å². The molecule has 0 aliphatic heterocycles. The Hall–Kier alpha value is -3.35. The van der Waals surface area contributed by atoms with Crippen molar-refractivity contribution >= 4 is 23.5 Å². The second kappa shape index (κ2) is 9.73. The summed E-state index contributed by atoms with van der Waals surface area (Å²) in [5.74, 6) is -0.936. The minimum Gasteiger partial charge on any atom is -0.497 e. The molecule has 0 saturated heterocycles. The average molecular weight is 398 g/mol. The van der Waals surface area contributed by atoms with Gasteiger partial charge in [0.2, 0.25) is 0 Å². The number of aryl methyl sites for hydroxylation is 3. The lowest BCUT2D eigenvalue weighted by Gasteiger charge is -2.17. The van der Waals surface area contributed by atoms with Crippen molar-refractivity contribution in [2.24, 2.45) is 0 Å². The van der Waals surface area contributed by atoms with Crippen LogP contribution in [0.1, 0.15) is 34.0 Å². The molecule has 154 valence electrons. The highest BCUT2D eigenvalue weighted by atomic mass is 16.5. The van der Waals surface area contributed by atoms with Crippen LogP contribution in [0.25, 0.3) is 0 Å². The Bertz CT molecular complexity index is 883. The van der Waals surface area contributed by atoms with Crippen LogP contribution in [0.15, 0.2) is 36.4 Å². The third-order valence-electron chi connectivity index (χ3n) is 4.35. The minimum absolute atomic E-state index is 0.342. The Morgan fingerprint density at radius 1 is 1.00 bits per heavy atom. The van der Waals surface area contributed by atoms with Gasteiger partial charge in [-0.05, 0) is 63.1 Å². The van der Waals surface area contributed by atoms with Gasteiger partial charge in [0.25, 0.3) is 11.8 Å². The molecule has 0 aromatic heterocycles. The maximum atomic E-state index is 12.4. The van der Waals surface area contributed by atoms with Crippen molar-refractivity contribution in [2.75, 3.05) is 19.0 Å². The number of amides is 2. The lowest BCUT2D eigenvalue weighted by Crippen LogP contribution is -2.36. The zero-order valence-electron chi connectivity index (χ0n) is 17.3. The summed E-state index contributed by atoms with van der Waals surface area (Å²) in [5.41, 5.74) is 4.05. The van der Waals surface area contributed by atoms with E-state index in [-0.39, 0.29) is 6.54 Å². The van der Waals surface area contributed by atoms with Crippen LogP contribution < -0.4 is 15.4 Å². The van der Waals surface area contributed by atoms with E-state index >= 15 is 0 Å². The van der Waals surface area contributed by atoms with E-state index in [1.165, 1.54) is 14.0 Å². The molecule has 0 spiro atoms. The van der Waals surface area contributed by atoms with E-state index in [0.29, 0.717) is 17.0 Å². The molecule has 0 aliphatic rings. The van der Waals surface area contributed by atoms with Gasteiger partial charge < -0.3 is 20.1 Å². The highest BCUT2D eigenvalue weighted by Gasteiger charge is 2.20. The lowest BCUT2D eigenvalue weighted by atomic mass is 10.0. The fraction of sp³-hybridized carbons (Fsp3) is 0.318. The molecule has 0 aliphatic carbocycles. The highest BCUT2D eigenvalue weighted by Crippen LogP contribution is 2.22. The number of methoxy groups -OCH3 is 1. The van der Waals surface area contributed by atoms with Crippen LogP contribution in [0.2, 0.25) is 0 Å². The zero-order chi connectivity index (χ0) is 21.6. The number of benzene rings is 2. The van der Waals surface area contributed by atoms with Gasteiger partial charge in [0, 0.05) is 11.3 Å². The zero-order valence-corrected chi connectivity index (χ0v) is 17.3. The van der Waals surface area contributed by atoms with E-state index in [4.69, 9.17) is 9.47 Å². The first-order chi connectivity index (χ1) is 13.7. The molecule has 7 heteroatoms. The number of carbonyl (C=O) groups excluding carboxylic acids is 3. The Kier molecular flexibility index (Phi) is 7.36. The summed E-state index contributed by atoms with van der Waals surface area (Å²) in [5, 5.41) is 5.27. The number of rotatable bonds is 7. The molecule has 2 amide bonds. The maximum Gasteiger partial charge on any atom is 0.326 e. The molecule has 2 N–H and O–H groups in total. The molecule has 7 nitrogen and oxygen atoms in total. The maximum absolute atomic E-state index is 12.4. The summed E-state index contributed by atoms with van der Waals surface area (Å²) in [6.07, 6.45) is -1.000. The van der Waals surface area contributed by atoms with E-state index in [1.807, 2.05) is 32.9 Å². The Morgan fingerprint density at radius 3 is 2.14 bits per heavy atom. The minimum atomic E-state index is -1.000. The number of hydrogen-bond acceptors (Lipinski definition) is 5. The molecule has 0 bridgehead atoms. The van der Waals surface area contributed by atoms with Crippen molar-refractivity contribution in [3.63, 3.8) is 0 Å². The predicted octanol–water partition coefficient (Wildman–Crippen LogP) is 2.92. The van der Waals surface area contributed by atoms with E-state index in [0.717, 1.165) is 16.7 Å². The largest absolute Gasteiger partial charge is 0.497 e. The van der Waals surface area contributed by atoms with E-state index < -0.39 is 23.9 Å². The Morgan fingerprint density at radius 2 is 1.59 bits per heavy atom. The first-order valence-electron chi connectivity index (χ1n) is 9.21. The molecule has 2 aromatic rings. The van der Waals surface area contributed by atoms with Gasteiger partial charge in [-0.3, -0.25) is 14.4 Å². The van der Waals surface area contributed by atoms with Crippen LogP contribution in [-0.2, 0) is 14.3 Å². The van der Waals surface area contributed by atoms with Crippen LogP contribution in [0.3, 0.4) is 0 Å². The van der Waals surface area contributed by atoms with Gasteiger partial charge >= 0.3 is 5.97 Å². The van der Waals surface area contributed by atoms with E-state index in [9.17, 15) is 14.4 Å². The van der Waals surface area contributed by atoms with Gasteiger partial charge in [-0.2, -0.15) is 0 Å². The standard InChI is InChI=1S/C22H26N2O5/c1-13-10-14(2)20(15(3)11-13)24-21(26)16(4)29-19(25)12-23-22(27)17-6-8-18(28-5)9-7-17/h6-11,16H,12H2,1-5H3,(H,23,27)(H,24,26). The quantitative estimate of drug-likeness (QED) is 0.700. The second-order valence-corrected chi connectivity index (χ2v) is 6.81. The molecule has 0 saturated carbocycles. The predicted molar refractivity (Wildman–Crippen MR) is 110 cm³/mol. The number of carbonyl (C=O) groups is 3. The van der Waals surface area contributed by atoms with Gasteiger partial charge in [-0.1, -0.05) is 17.7 Å². The summed E-state index contributed by atoms with van der Waals surface area (Å²) < 4.78 is 10.2. The number of esters is 1. The van der Waals surface area contributed by atoms with Crippen molar-refractivity contribution < 1.29 is 23.9 Å². The van der Waals surface area contributed by atoms with Crippen molar-refractivity contribution in [1.82, 2.24) is 5.32 Å². The molecule has 29 heavy (non-hydrogen) atoms. The van der Waals surface area contributed by atoms with Crippen LogP contribution in [-0.4, -0.2) is 37.5 Å². The molecule has 1 atom stereocenters. The van der Waals surface area contributed by atoms with Crippen molar-refractivity contribution in [2.45, 2.75) is 33.8 Å². The molecule has 1 unspecified atom stereocenters. The number of anilines is 1. The fourth-order valence-corrected chi connectivity index (χ4v) is 2.89. The van der Waals surface area contributed by atoms with E-state index in [1.54, 1.807) is 24.3 Å². The molecule has 2 aromatic carbocycles. The first-order valence-corrected chi connectivity index (χ1v) is 9.21. The fourth-order valence-electron chi connectivity index (χ4n) is 2.89. The Labute approximate surface area is 170 Å². The number of ether oxygens (including phenoxy) is 2. The molecule has 0 radical (unpaired) electrons. The average Bonchev–Trinajstić information content (AvgIpc) is 2.68. The summed E-state index contributed by atoms with van der Waals surface area (Å²) in [7, 11) is 1.53. The molecule has 2 rings (SSSR count). The summed E-state index contributed by atoms with van der Waals surface area (Å²) in [6.45, 7) is 6.93. The van der Waals surface area contributed by atoms with Gasteiger partial charge in [0.1, 0.15) is 12.3 Å². The smallest absolute Gasteiger partial charge is 0.326 e. The third-order valence-corrected chi connectivity index (χ3v) is 4.35. The van der Waals surface area contributed by atoms with Gasteiger partial charge in [0.05, 0.1) is 7.11 Å². The van der Waals surface area contributed by atoms with Crippen LogP contribution >= 0.6 is 0 Å². The molecule has 0 heterocycles. The normalized spacial score (nSPS) is 11.3. The highest BCUT2D eigenvalue weighted by molar-refractivity contribution is 5.98. The van der Waals surface area contributed by atoms with Crippen LogP contribution in [0.5, 0.6) is 5.75 Å². The van der Waals surface area contributed by atoms with Crippen molar-refractivity contribution in [3.05, 3.63) is 58.7 Å². The second-order valence-electron chi connectivity index (χ2n) is 6.81. The third kappa shape index (κ3) is 6.07. The lowest BCUT2D eigenvalue weighted by molar-refractivity contribution is -0.152. The molecule has 0 fully saturated rings. The monoisotopic (exact) mass is 398 g/mol. The summed E-state index contributed by atoms with van der Waals surface area (Å²) in [4.78, 5) is 36.4. The van der Waals surface area contributed by atoms with E-state index in [2.05, 4.69) is 10.6 Å². The van der Waals surface area contributed by atoms with Gasteiger partial charge in [0.15, 0.2) is 6.10 Å².